The zero-order valence-electron chi connectivity index (χ0n) is 15.3. The van der Waals surface area contributed by atoms with Crippen molar-refractivity contribution in [3.8, 4) is 5.69 Å². The first-order valence-electron chi connectivity index (χ1n) is 8.89. The summed E-state index contributed by atoms with van der Waals surface area (Å²) in [6.07, 6.45) is 1.99. The van der Waals surface area contributed by atoms with Crippen molar-refractivity contribution in [3.05, 3.63) is 90.0 Å². The third-order valence-electron chi connectivity index (χ3n) is 4.97. The van der Waals surface area contributed by atoms with E-state index in [1.165, 1.54) is 14.9 Å². The molecular weight excluding hydrogens is 481 g/mol. The van der Waals surface area contributed by atoms with Gasteiger partial charge in [0.1, 0.15) is 0 Å². The molecule has 4 nitrogen and oxygen atoms in total. The van der Waals surface area contributed by atoms with E-state index in [4.69, 9.17) is 0 Å². The molecule has 0 spiro atoms. The van der Waals surface area contributed by atoms with Gasteiger partial charge in [0.2, 0.25) is 0 Å². The van der Waals surface area contributed by atoms with Crippen LogP contribution < -0.4 is 10.1 Å². The third-order valence-corrected chi connectivity index (χ3v) is 6.61. The summed E-state index contributed by atoms with van der Waals surface area (Å²) in [5.41, 5.74) is 6.17. The molecule has 5 aromatic rings. The average molecular weight is 497 g/mol. The monoisotopic (exact) mass is 497 g/mol. The van der Waals surface area contributed by atoms with Gasteiger partial charge in [-0.3, -0.25) is 4.79 Å². The third kappa shape index (κ3) is 2.70. The Balaban J connectivity index is 1.71. The predicted octanol–water partition coefficient (Wildman–Crippen LogP) is 4.47. The van der Waals surface area contributed by atoms with Gasteiger partial charge in [-0.2, -0.15) is 0 Å². The van der Waals surface area contributed by atoms with E-state index in [0.717, 1.165) is 38.6 Å². The molecule has 0 saturated carbocycles. The smallest absolute Gasteiger partial charge is 0.274 e. The van der Waals surface area contributed by atoms with Crippen LogP contribution in [0.15, 0.2) is 59.4 Å². The Hall–Kier alpha value is -2.45. The minimum absolute atomic E-state index is 0.00670. The lowest BCUT2D eigenvalue weighted by atomic mass is 10.2. The summed E-state index contributed by atoms with van der Waals surface area (Å²) in [6, 6.07) is 18.3. The lowest BCUT2D eigenvalue weighted by molar-refractivity contribution is 0.963. The summed E-state index contributed by atoms with van der Waals surface area (Å²) in [5, 5.41) is 0. The van der Waals surface area contributed by atoms with Gasteiger partial charge in [-0.05, 0) is 84.5 Å². The van der Waals surface area contributed by atoms with Crippen LogP contribution in [0.25, 0.3) is 27.8 Å². The Morgan fingerprint density at radius 2 is 1.89 bits per heavy atom. The number of benzene rings is 2. The maximum Gasteiger partial charge on any atom is 0.274 e. The standard InChI is InChI=1S/C22H16IN3OS/c1-13-10-15(14(2)25(13)17-7-5-6-16(23)12-17)11-20-21(27)26-19-9-4-3-8-18(19)24-22(26)28-20/h3-12H,1-2H3/b20-11+. The van der Waals surface area contributed by atoms with Gasteiger partial charge in [-0.1, -0.05) is 29.5 Å². The molecule has 0 N–H and O–H groups in total. The molecule has 0 aliphatic carbocycles. The summed E-state index contributed by atoms with van der Waals surface area (Å²) >= 11 is 3.77. The van der Waals surface area contributed by atoms with Crippen LogP contribution in [-0.4, -0.2) is 14.0 Å². The molecule has 6 heteroatoms. The first-order valence-corrected chi connectivity index (χ1v) is 10.8. The second-order valence-electron chi connectivity index (χ2n) is 6.78. The molecule has 0 saturated heterocycles. The topological polar surface area (TPSA) is 39.3 Å². The predicted molar refractivity (Wildman–Crippen MR) is 124 cm³/mol. The van der Waals surface area contributed by atoms with Gasteiger partial charge < -0.3 is 4.57 Å². The molecule has 0 bridgehead atoms. The molecular formula is C22H16IN3OS. The number of thiazole rings is 1. The molecule has 0 fully saturated rings. The van der Waals surface area contributed by atoms with E-state index in [9.17, 15) is 4.79 Å². The van der Waals surface area contributed by atoms with Crippen molar-refractivity contribution in [1.82, 2.24) is 14.0 Å². The Labute approximate surface area is 178 Å². The molecule has 0 aliphatic rings. The highest BCUT2D eigenvalue weighted by Gasteiger charge is 2.13. The van der Waals surface area contributed by atoms with E-state index >= 15 is 0 Å². The highest BCUT2D eigenvalue weighted by atomic mass is 127. The summed E-state index contributed by atoms with van der Waals surface area (Å²) in [5.74, 6) is 0. The number of rotatable bonds is 2. The SMILES string of the molecule is Cc1cc(/C=c2/sc3nc4ccccc4n3c2=O)c(C)n1-c1cccc(I)c1. The zero-order chi connectivity index (χ0) is 19.4. The maximum absolute atomic E-state index is 13.0. The van der Waals surface area contributed by atoms with Crippen molar-refractivity contribution in [2.24, 2.45) is 0 Å². The van der Waals surface area contributed by atoms with Gasteiger partial charge in [0.15, 0.2) is 4.96 Å². The molecule has 5 rings (SSSR count). The minimum Gasteiger partial charge on any atom is -0.318 e. The van der Waals surface area contributed by atoms with Crippen molar-refractivity contribution in [2.75, 3.05) is 0 Å². The molecule has 0 radical (unpaired) electrons. The Morgan fingerprint density at radius 1 is 1.07 bits per heavy atom. The van der Waals surface area contributed by atoms with Gasteiger partial charge in [0.05, 0.1) is 15.6 Å². The van der Waals surface area contributed by atoms with E-state index < -0.39 is 0 Å². The van der Waals surface area contributed by atoms with E-state index in [-0.39, 0.29) is 5.56 Å². The number of hydrogen-bond acceptors (Lipinski definition) is 3. The summed E-state index contributed by atoms with van der Waals surface area (Å²) in [4.78, 5) is 18.4. The van der Waals surface area contributed by atoms with E-state index in [1.807, 2.05) is 30.3 Å². The highest BCUT2D eigenvalue weighted by molar-refractivity contribution is 14.1. The molecule has 0 amide bonds. The first kappa shape index (κ1) is 17.6. The fraction of sp³-hybridized carbons (Fsp3) is 0.0909. The average Bonchev–Trinajstić information content (AvgIpc) is 3.27. The van der Waals surface area contributed by atoms with E-state index in [0.29, 0.717) is 4.53 Å². The number of imidazole rings is 1. The minimum atomic E-state index is -0.00670. The van der Waals surface area contributed by atoms with Gasteiger partial charge in [0, 0.05) is 20.6 Å². The molecule has 0 aliphatic heterocycles. The zero-order valence-corrected chi connectivity index (χ0v) is 18.3. The van der Waals surface area contributed by atoms with Crippen molar-refractivity contribution < 1.29 is 0 Å². The largest absolute Gasteiger partial charge is 0.318 e. The van der Waals surface area contributed by atoms with Crippen LogP contribution in [0.2, 0.25) is 0 Å². The second-order valence-corrected chi connectivity index (χ2v) is 9.03. The van der Waals surface area contributed by atoms with Gasteiger partial charge in [-0.25, -0.2) is 9.38 Å². The van der Waals surface area contributed by atoms with Gasteiger partial charge in [0.25, 0.3) is 5.56 Å². The quantitative estimate of drug-likeness (QED) is 0.338. The highest BCUT2D eigenvalue weighted by Crippen LogP contribution is 2.23. The van der Waals surface area contributed by atoms with Crippen LogP contribution >= 0.6 is 33.9 Å². The van der Waals surface area contributed by atoms with Crippen molar-refractivity contribution in [2.45, 2.75) is 13.8 Å². The molecule has 2 aromatic carbocycles. The van der Waals surface area contributed by atoms with Crippen LogP contribution in [0.4, 0.5) is 0 Å². The number of para-hydroxylation sites is 2. The van der Waals surface area contributed by atoms with Crippen molar-refractivity contribution in [1.29, 1.82) is 0 Å². The van der Waals surface area contributed by atoms with Crippen LogP contribution in [0.3, 0.4) is 0 Å². The summed E-state index contributed by atoms with van der Waals surface area (Å²) in [6.45, 7) is 4.19. The summed E-state index contributed by atoms with van der Waals surface area (Å²) in [7, 11) is 0. The van der Waals surface area contributed by atoms with Crippen LogP contribution in [0.1, 0.15) is 17.0 Å². The van der Waals surface area contributed by atoms with Gasteiger partial charge >= 0.3 is 0 Å². The lowest BCUT2D eigenvalue weighted by Crippen LogP contribution is -2.22. The molecule has 0 unspecified atom stereocenters. The van der Waals surface area contributed by atoms with E-state index in [2.05, 4.69) is 76.3 Å². The molecule has 28 heavy (non-hydrogen) atoms. The fourth-order valence-electron chi connectivity index (χ4n) is 3.70. The Morgan fingerprint density at radius 3 is 2.71 bits per heavy atom. The molecule has 0 atom stereocenters. The molecule has 3 heterocycles. The number of aromatic nitrogens is 3. The Kier molecular flexibility index (Phi) is 4.13. The van der Waals surface area contributed by atoms with Crippen LogP contribution in [-0.2, 0) is 0 Å². The number of aryl methyl sites for hydroxylation is 1. The number of halogens is 1. The lowest BCUT2D eigenvalue weighted by Gasteiger charge is -2.09. The fourth-order valence-corrected chi connectivity index (χ4v) is 5.20. The van der Waals surface area contributed by atoms with Crippen molar-refractivity contribution in [3.63, 3.8) is 0 Å². The van der Waals surface area contributed by atoms with Gasteiger partial charge in [-0.15, -0.1) is 0 Å². The van der Waals surface area contributed by atoms with E-state index in [1.54, 1.807) is 4.40 Å². The Bertz CT molecular complexity index is 1480. The molecule has 3 aromatic heterocycles. The van der Waals surface area contributed by atoms with Crippen molar-refractivity contribution >= 4 is 56.0 Å². The molecule has 138 valence electrons. The number of nitrogens with zero attached hydrogens (tertiary/aromatic N) is 3. The van der Waals surface area contributed by atoms with Crippen LogP contribution in [0, 0.1) is 17.4 Å². The normalized spacial score (nSPS) is 12.5. The maximum atomic E-state index is 13.0. The second kappa shape index (κ2) is 6.56. The number of hydrogen-bond donors (Lipinski definition) is 0. The number of fused-ring (bicyclic) bond motifs is 3. The first-order chi connectivity index (χ1) is 13.5. The summed E-state index contributed by atoms with van der Waals surface area (Å²) < 4.78 is 5.84. The van der Waals surface area contributed by atoms with Crippen LogP contribution in [0.5, 0.6) is 0 Å².